The summed E-state index contributed by atoms with van der Waals surface area (Å²) in [6, 6.07) is 0. The molecule has 0 fully saturated rings. The quantitative estimate of drug-likeness (QED) is 0.347. The van der Waals surface area contributed by atoms with Crippen molar-refractivity contribution in [3.8, 4) is 0 Å². The Bertz CT molecular complexity index is 186. The smallest absolute Gasteiger partial charge is 0.340 e. The number of carbonyl (C=O) groups excluding carboxylic acids is 1. The van der Waals surface area contributed by atoms with Gasteiger partial charge in [-0.05, 0) is 6.42 Å². The molecule has 0 spiro atoms. The number of amides is 1. The lowest BCUT2D eigenvalue weighted by Crippen LogP contribution is -2.28. The van der Waals surface area contributed by atoms with Crippen molar-refractivity contribution in [2.45, 2.75) is 13.3 Å². The Morgan fingerprint density at radius 3 is 2.45 bits per heavy atom. The van der Waals surface area contributed by atoms with Crippen LogP contribution in [0, 0.1) is 0 Å². The molecule has 62 valence electrons. The zero-order valence-electron chi connectivity index (χ0n) is 6.39. The number of hydrogen-bond acceptors (Lipinski definition) is 2. The molecule has 0 aliphatic heterocycles. The molecule has 0 aromatic rings. The summed E-state index contributed by atoms with van der Waals surface area (Å²) in [6.07, 6.45) is 0.776. The maximum atomic E-state index is 10.8. The summed E-state index contributed by atoms with van der Waals surface area (Å²) in [6.45, 7) is 5.45. The van der Waals surface area contributed by atoms with E-state index in [2.05, 4.69) is 11.9 Å². The highest BCUT2D eigenvalue weighted by Gasteiger charge is 2.12. The molecule has 0 bridgehead atoms. The molecule has 0 saturated carbocycles. The monoisotopic (exact) mass is 157 g/mol. The zero-order chi connectivity index (χ0) is 8.85. The predicted molar refractivity (Wildman–Crippen MR) is 40.1 cm³/mol. The Balaban J connectivity index is 3.84. The number of rotatable bonds is 4. The van der Waals surface area contributed by atoms with E-state index in [0.29, 0.717) is 6.54 Å². The third-order valence-corrected chi connectivity index (χ3v) is 1.07. The van der Waals surface area contributed by atoms with Crippen LogP contribution in [-0.4, -0.2) is 23.5 Å². The Morgan fingerprint density at radius 1 is 1.55 bits per heavy atom. The average Bonchev–Trinajstić information content (AvgIpc) is 1.98. The molecular weight excluding hydrogens is 146 g/mol. The van der Waals surface area contributed by atoms with E-state index in [4.69, 9.17) is 5.11 Å². The van der Waals surface area contributed by atoms with Crippen LogP contribution in [0.3, 0.4) is 0 Å². The average molecular weight is 157 g/mol. The number of nitrogens with one attached hydrogen (secondary N) is 1. The highest BCUT2D eigenvalue weighted by Crippen LogP contribution is 1.88. The molecule has 0 saturated heterocycles. The molecule has 0 aromatic heterocycles. The molecule has 4 heteroatoms. The first-order valence-electron chi connectivity index (χ1n) is 3.30. The number of carboxylic acids is 1. The molecular formula is C7H11NO3. The van der Waals surface area contributed by atoms with Crippen molar-refractivity contribution in [3.05, 3.63) is 12.2 Å². The molecule has 0 aromatic carbocycles. The summed E-state index contributed by atoms with van der Waals surface area (Å²) in [7, 11) is 0. The van der Waals surface area contributed by atoms with Gasteiger partial charge in [0, 0.05) is 6.54 Å². The van der Waals surface area contributed by atoms with Gasteiger partial charge in [0.25, 0.3) is 5.91 Å². The topological polar surface area (TPSA) is 66.4 Å². The first-order chi connectivity index (χ1) is 5.09. The van der Waals surface area contributed by atoms with Crippen LogP contribution in [0.15, 0.2) is 12.2 Å². The van der Waals surface area contributed by atoms with Crippen LogP contribution in [0.1, 0.15) is 13.3 Å². The third-order valence-electron chi connectivity index (χ3n) is 1.07. The largest absolute Gasteiger partial charge is 0.478 e. The molecule has 0 heterocycles. The van der Waals surface area contributed by atoms with Crippen LogP contribution in [0.4, 0.5) is 0 Å². The summed E-state index contributed by atoms with van der Waals surface area (Å²) in [4.78, 5) is 20.9. The van der Waals surface area contributed by atoms with Crippen molar-refractivity contribution in [2.24, 2.45) is 0 Å². The lowest BCUT2D eigenvalue weighted by Gasteiger charge is -2.00. The number of carbonyl (C=O) groups is 2. The van der Waals surface area contributed by atoms with Gasteiger partial charge in [-0.25, -0.2) is 4.79 Å². The summed E-state index contributed by atoms with van der Waals surface area (Å²) in [5.41, 5.74) is -0.418. The maximum absolute atomic E-state index is 10.8. The summed E-state index contributed by atoms with van der Waals surface area (Å²) in [5.74, 6) is -1.89. The second kappa shape index (κ2) is 4.49. The molecule has 2 N–H and O–H groups in total. The number of aliphatic carboxylic acids is 1. The summed E-state index contributed by atoms with van der Waals surface area (Å²) < 4.78 is 0. The van der Waals surface area contributed by atoms with Gasteiger partial charge in [-0.3, -0.25) is 4.79 Å². The highest BCUT2D eigenvalue weighted by atomic mass is 16.4. The van der Waals surface area contributed by atoms with E-state index in [-0.39, 0.29) is 0 Å². The standard InChI is InChI=1S/C7H11NO3/c1-3-4-8-6(9)5(2)7(10)11/h2-4H2,1H3,(H,8,9)(H,10,11). The normalized spacial score (nSPS) is 8.82. The van der Waals surface area contributed by atoms with Gasteiger partial charge in [0.15, 0.2) is 0 Å². The van der Waals surface area contributed by atoms with Crippen molar-refractivity contribution in [1.82, 2.24) is 5.32 Å². The molecule has 0 unspecified atom stereocenters. The minimum absolute atomic E-state index is 0.418. The Hall–Kier alpha value is -1.32. The van der Waals surface area contributed by atoms with Gasteiger partial charge in [0.1, 0.15) is 5.57 Å². The molecule has 0 radical (unpaired) electrons. The van der Waals surface area contributed by atoms with E-state index in [1.54, 1.807) is 0 Å². The van der Waals surface area contributed by atoms with E-state index in [1.807, 2.05) is 6.92 Å². The lowest BCUT2D eigenvalue weighted by atomic mass is 10.3. The molecule has 4 nitrogen and oxygen atoms in total. The zero-order valence-corrected chi connectivity index (χ0v) is 6.39. The van der Waals surface area contributed by atoms with Crippen LogP contribution in [-0.2, 0) is 9.59 Å². The Kier molecular flexibility index (Phi) is 3.95. The summed E-state index contributed by atoms with van der Waals surface area (Å²) >= 11 is 0. The molecule has 11 heavy (non-hydrogen) atoms. The van der Waals surface area contributed by atoms with Crippen molar-refractivity contribution in [2.75, 3.05) is 6.54 Å². The van der Waals surface area contributed by atoms with Gasteiger partial charge < -0.3 is 10.4 Å². The summed E-state index contributed by atoms with van der Waals surface area (Å²) in [5, 5.41) is 10.7. The van der Waals surface area contributed by atoms with Crippen molar-refractivity contribution in [1.29, 1.82) is 0 Å². The molecule has 1 amide bonds. The Morgan fingerprint density at radius 2 is 2.09 bits per heavy atom. The third kappa shape index (κ3) is 3.40. The fraction of sp³-hybridized carbons (Fsp3) is 0.429. The van der Waals surface area contributed by atoms with Gasteiger partial charge in [-0.15, -0.1) is 0 Å². The Labute approximate surface area is 64.9 Å². The highest BCUT2D eigenvalue weighted by molar-refractivity contribution is 6.14. The van der Waals surface area contributed by atoms with Crippen molar-refractivity contribution < 1.29 is 14.7 Å². The van der Waals surface area contributed by atoms with E-state index in [1.165, 1.54) is 0 Å². The SMILES string of the molecule is C=C(C(=O)O)C(=O)NCCC. The fourth-order valence-electron chi connectivity index (χ4n) is 0.442. The van der Waals surface area contributed by atoms with Crippen molar-refractivity contribution in [3.63, 3.8) is 0 Å². The van der Waals surface area contributed by atoms with Crippen molar-refractivity contribution >= 4 is 11.9 Å². The molecule has 0 aliphatic carbocycles. The second-order valence-electron chi connectivity index (χ2n) is 2.04. The van der Waals surface area contributed by atoms with Crippen LogP contribution in [0.25, 0.3) is 0 Å². The van der Waals surface area contributed by atoms with Gasteiger partial charge in [-0.2, -0.15) is 0 Å². The van der Waals surface area contributed by atoms with Crippen LogP contribution >= 0.6 is 0 Å². The lowest BCUT2D eigenvalue weighted by molar-refractivity contribution is -0.134. The van der Waals surface area contributed by atoms with E-state index < -0.39 is 17.4 Å². The number of carboxylic acid groups (broad SMARTS) is 1. The first-order valence-corrected chi connectivity index (χ1v) is 3.30. The fourth-order valence-corrected chi connectivity index (χ4v) is 0.442. The van der Waals surface area contributed by atoms with E-state index in [0.717, 1.165) is 6.42 Å². The second-order valence-corrected chi connectivity index (χ2v) is 2.04. The number of hydrogen-bond donors (Lipinski definition) is 2. The predicted octanol–water partition coefficient (Wildman–Crippen LogP) is 0.153. The van der Waals surface area contributed by atoms with E-state index in [9.17, 15) is 9.59 Å². The minimum atomic E-state index is -1.28. The van der Waals surface area contributed by atoms with E-state index >= 15 is 0 Å². The first kappa shape index (κ1) is 9.68. The maximum Gasteiger partial charge on any atom is 0.340 e. The van der Waals surface area contributed by atoms with Crippen LogP contribution < -0.4 is 5.32 Å². The van der Waals surface area contributed by atoms with Gasteiger partial charge in [-0.1, -0.05) is 13.5 Å². The van der Waals surface area contributed by atoms with Gasteiger partial charge in [0.2, 0.25) is 0 Å². The molecule has 0 rings (SSSR count). The van der Waals surface area contributed by atoms with Gasteiger partial charge in [0.05, 0.1) is 0 Å². The minimum Gasteiger partial charge on any atom is -0.478 e. The van der Waals surface area contributed by atoms with Crippen LogP contribution in [0.5, 0.6) is 0 Å². The molecule has 0 atom stereocenters. The van der Waals surface area contributed by atoms with Gasteiger partial charge >= 0.3 is 5.97 Å². The molecule has 0 aliphatic rings. The van der Waals surface area contributed by atoms with Crippen LogP contribution in [0.2, 0.25) is 0 Å².